The Morgan fingerprint density at radius 2 is 2.20 bits per heavy atom. The minimum Gasteiger partial charge on any atom is -0.204 e. The molecule has 0 bridgehead atoms. The molecule has 0 heterocycles. The van der Waals surface area contributed by atoms with Crippen LogP contribution in [0.2, 0.25) is 0 Å². The van der Waals surface area contributed by atoms with Crippen LogP contribution in [0.1, 0.15) is 5.56 Å². The smallest absolute Gasteiger partial charge is 0.154 e. The Morgan fingerprint density at radius 1 is 1.50 bits per heavy atom. The second-order valence-electron chi connectivity index (χ2n) is 1.71. The standard InChI is InChI=1S/C7H3FIN/c8-7-5(4-10)2-1-3-6(7)9/h1-3H. The van der Waals surface area contributed by atoms with Crippen LogP contribution < -0.4 is 0 Å². The summed E-state index contributed by atoms with van der Waals surface area (Å²) in [6.45, 7) is 0. The predicted octanol–water partition coefficient (Wildman–Crippen LogP) is 2.30. The Kier molecular flexibility index (Phi) is 2.22. The normalized spacial score (nSPS) is 8.90. The quantitative estimate of drug-likeness (QED) is 0.645. The largest absolute Gasteiger partial charge is 0.204 e. The van der Waals surface area contributed by atoms with Gasteiger partial charge in [-0.3, -0.25) is 0 Å². The summed E-state index contributed by atoms with van der Waals surface area (Å²) in [6, 6.07) is 6.49. The Labute approximate surface area is 71.6 Å². The summed E-state index contributed by atoms with van der Waals surface area (Å²) < 4.78 is 13.3. The number of hydrogen-bond acceptors (Lipinski definition) is 1. The average Bonchev–Trinajstić information content (AvgIpc) is 1.95. The molecule has 1 rings (SSSR count). The van der Waals surface area contributed by atoms with Crippen LogP contribution in [0, 0.1) is 20.7 Å². The van der Waals surface area contributed by atoms with Gasteiger partial charge in [-0.15, -0.1) is 0 Å². The topological polar surface area (TPSA) is 23.8 Å². The number of nitriles is 1. The Hall–Kier alpha value is -0.630. The Morgan fingerprint density at radius 3 is 2.70 bits per heavy atom. The third-order valence-electron chi connectivity index (χ3n) is 1.07. The van der Waals surface area contributed by atoms with E-state index in [1.165, 1.54) is 6.07 Å². The third-order valence-corrected chi connectivity index (χ3v) is 1.91. The van der Waals surface area contributed by atoms with Crippen molar-refractivity contribution in [1.29, 1.82) is 5.26 Å². The van der Waals surface area contributed by atoms with E-state index in [0.29, 0.717) is 3.57 Å². The van der Waals surface area contributed by atoms with Crippen LogP contribution in [-0.2, 0) is 0 Å². The number of rotatable bonds is 0. The summed E-state index contributed by atoms with van der Waals surface area (Å²) in [6.07, 6.45) is 0. The van der Waals surface area contributed by atoms with Gasteiger partial charge in [0.25, 0.3) is 0 Å². The molecule has 1 aromatic carbocycles. The molecule has 10 heavy (non-hydrogen) atoms. The fourth-order valence-corrected chi connectivity index (χ4v) is 1.09. The van der Waals surface area contributed by atoms with Crippen molar-refractivity contribution >= 4 is 22.6 Å². The Balaban J connectivity index is 3.31. The van der Waals surface area contributed by atoms with Crippen molar-refractivity contribution in [1.82, 2.24) is 0 Å². The van der Waals surface area contributed by atoms with Gasteiger partial charge in [0.2, 0.25) is 0 Å². The molecule has 50 valence electrons. The van der Waals surface area contributed by atoms with Crippen LogP contribution in [0.3, 0.4) is 0 Å². The van der Waals surface area contributed by atoms with E-state index in [1.807, 2.05) is 22.6 Å². The van der Waals surface area contributed by atoms with Crippen molar-refractivity contribution in [2.45, 2.75) is 0 Å². The molecule has 0 radical (unpaired) electrons. The third kappa shape index (κ3) is 1.27. The van der Waals surface area contributed by atoms with E-state index in [-0.39, 0.29) is 5.56 Å². The van der Waals surface area contributed by atoms with Crippen molar-refractivity contribution in [2.75, 3.05) is 0 Å². The molecule has 0 aliphatic carbocycles. The van der Waals surface area contributed by atoms with E-state index in [1.54, 1.807) is 18.2 Å². The first-order valence-electron chi connectivity index (χ1n) is 2.60. The van der Waals surface area contributed by atoms with Gasteiger partial charge < -0.3 is 0 Å². The maximum Gasteiger partial charge on any atom is 0.154 e. The zero-order valence-electron chi connectivity index (χ0n) is 4.94. The minimum absolute atomic E-state index is 0.104. The second kappa shape index (κ2) is 2.97. The molecule has 0 aliphatic heterocycles. The SMILES string of the molecule is N#Cc1cccc(I)c1F. The lowest BCUT2D eigenvalue weighted by Gasteiger charge is -1.93. The molecule has 1 aromatic rings. The highest BCUT2D eigenvalue weighted by molar-refractivity contribution is 14.1. The molecule has 0 amide bonds. The molecule has 1 nitrogen and oxygen atoms in total. The molecule has 0 atom stereocenters. The van der Waals surface area contributed by atoms with Gasteiger partial charge in [0.15, 0.2) is 5.82 Å². The van der Waals surface area contributed by atoms with Crippen molar-refractivity contribution in [3.05, 3.63) is 33.1 Å². The first-order chi connectivity index (χ1) is 4.75. The van der Waals surface area contributed by atoms with E-state index in [4.69, 9.17) is 5.26 Å². The summed E-state index contributed by atoms with van der Waals surface area (Å²) in [4.78, 5) is 0. The lowest BCUT2D eigenvalue weighted by molar-refractivity contribution is 0.616. The molecular formula is C7H3FIN. The van der Waals surface area contributed by atoms with Gasteiger partial charge in [0, 0.05) is 0 Å². The van der Waals surface area contributed by atoms with E-state index < -0.39 is 5.82 Å². The zero-order valence-corrected chi connectivity index (χ0v) is 7.09. The Bertz CT molecular complexity index is 290. The highest BCUT2D eigenvalue weighted by Gasteiger charge is 2.02. The lowest BCUT2D eigenvalue weighted by atomic mass is 10.2. The first-order valence-corrected chi connectivity index (χ1v) is 3.67. The van der Waals surface area contributed by atoms with Crippen molar-refractivity contribution in [2.24, 2.45) is 0 Å². The monoisotopic (exact) mass is 247 g/mol. The molecule has 0 aromatic heterocycles. The van der Waals surface area contributed by atoms with Gasteiger partial charge in [-0.25, -0.2) is 4.39 Å². The lowest BCUT2D eigenvalue weighted by Crippen LogP contribution is -1.85. The second-order valence-corrected chi connectivity index (χ2v) is 2.88. The molecule has 0 N–H and O–H groups in total. The maximum absolute atomic E-state index is 12.8. The van der Waals surface area contributed by atoms with Gasteiger partial charge in [-0.2, -0.15) is 5.26 Å². The maximum atomic E-state index is 12.8. The fraction of sp³-hybridized carbons (Fsp3) is 0. The molecule has 0 fully saturated rings. The van der Waals surface area contributed by atoms with Crippen molar-refractivity contribution in [3.8, 4) is 6.07 Å². The van der Waals surface area contributed by atoms with Crippen molar-refractivity contribution < 1.29 is 4.39 Å². The number of hydrogen-bond donors (Lipinski definition) is 0. The van der Waals surface area contributed by atoms with E-state index in [0.717, 1.165) is 0 Å². The molecule has 0 aliphatic rings. The number of halogens is 2. The molecule has 0 unspecified atom stereocenters. The molecule has 0 spiro atoms. The minimum atomic E-state index is -0.425. The summed E-state index contributed by atoms with van der Waals surface area (Å²) in [5.74, 6) is -0.425. The van der Waals surface area contributed by atoms with Crippen molar-refractivity contribution in [3.63, 3.8) is 0 Å². The van der Waals surface area contributed by atoms with Gasteiger partial charge in [0.1, 0.15) is 6.07 Å². The van der Waals surface area contributed by atoms with E-state index in [9.17, 15) is 4.39 Å². The highest BCUT2D eigenvalue weighted by Crippen LogP contribution is 2.13. The van der Waals surface area contributed by atoms with Gasteiger partial charge in [0.05, 0.1) is 9.13 Å². The molecular weight excluding hydrogens is 244 g/mol. The molecule has 3 heteroatoms. The van der Waals surface area contributed by atoms with Crippen LogP contribution in [0.5, 0.6) is 0 Å². The highest BCUT2D eigenvalue weighted by atomic mass is 127. The van der Waals surface area contributed by atoms with Gasteiger partial charge in [-0.05, 0) is 34.7 Å². The van der Waals surface area contributed by atoms with Crippen LogP contribution >= 0.6 is 22.6 Å². The van der Waals surface area contributed by atoms with Crippen LogP contribution in [0.25, 0.3) is 0 Å². The summed E-state index contributed by atoms with van der Waals surface area (Å²) in [5.41, 5.74) is 0.104. The van der Waals surface area contributed by atoms with Crippen LogP contribution in [0.15, 0.2) is 18.2 Å². The van der Waals surface area contributed by atoms with Crippen LogP contribution in [0.4, 0.5) is 4.39 Å². The molecule has 0 saturated heterocycles. The predicted molar refractivity (Wildman–Crippen MR) is 43.8 cm³/mol. The number of nitrogens with zero attached hydrogens (tertiary/aromatic N) is 1. The fourth-order valence-electron chi connectivity index (χ4n) is 0.590. The summed E-state index contributed by atoms with van der Waals surface area (Å²) in [7, 11) is 0. The van der Waals surface area contributed by atoms with Gasteiger partial charge in [-0.1, -0.05) is 6.07 Å². The first kappa shape index (κ1) is 7.48. The van der Waals surface area contributed by atoms with E-state index in [2.05, 4.69) is 0 Å². The summed E-state index contributed by atoms with van der Waals surface area (Å²) >= 11 is 1.85. The molecule has 0 saturated carbocycles. The zero-order chi connectivity index (χ0) is 7.56. The van der Waals surface area contributed by atoms with Gasteiger partial charge >= 0.3 is 0 Å². The number of benzene rings is 1. The average molecular weight is 247 g/mol. The van der Waals surface area contributed by atoms with Crippen LogP contribution in [-0.4, -0.2) is 0 Å². The summed E-state index contributed by atoms with van der Waals surface area (Å²) in [5, 5.41) is 8.35. The van der Waals surface area contributed by atoms with E-state index >= 15 is 0 Å².